The molecular formula is C40H61N5O5. The van der Waals surface area contributed by atoms with Crippen LogP contribution in [0.1, 0.15) is 142 Å². The van der Waals surface area contributed by atoms with E-state index in [-0.39, 0.29) is 18.4 Å². The summed E-state index contributed by atoms with van der Waals surface area (Å²) in [6.45, 7) is 8.19. The SMILES string of the molecule is CCCCC(=O)N(Cc1ccc(-c2ccccc2-c2nnn[nH]2)cc1)C(C(=O)O)C(C)C.CCCCCCCCCCCCCCCC(=O)O. The molecule has 0 fully saturated rings. The Balaban J connectivity index is 0.000000411. The number of carbonyl (C=O) groups is 3. The van der Waals surface area contributed by atoms with E-state index in [0.717, 1.165) is 47.9 Å². The summed E-state index contributed by atoms with van der Waals surface area (Å²) < 4.78 is 0. The van der Waals surface area contributed by atoms with Crippen LogP contribution < -0.4 is 0 Å². The number of tetrazole rings is 1. The van der Waals surface area contributed by atoms with Gasteiger partial charge in [0.05, 0.1) is 0 Å². The Kier molecular flexibility index (Phi) is 21.0. The Bertz CT molecular complexity index is 1360. The number of aromatic amines is 1. The van der Waals surface area contributed by atoms with Gasteiger partial charge in [0.25, 0.3) is 0 Å². The Morgan fingerprint density at radius 3 is 1.72 bits per heavy atom. The van der Waals surface area contributed by atoms with Crippen LogP contribution in [-0.4, -0.2) is 59.6 Å². The molecule has 3 aromatic rings. The first kappa shape index (κ1) is 42.1. The van der Waals surface area contributed by atoms with Crippen LogP contribution in [0.25, 0.3) is 22.5 Å². The molecule has 1 atom stereocenters. The summed E-state index contributed by atoms with van der Waals surface area (Å²) in [6.07, 6.45) is 19.2. The summed E-state index contributed by atoms with van der Waals surface area (Å²) in [5.74, 6) is -1.37. The van der Waals surface area contributed by atoms with Crippen molar-refractivity contribution in [3.63, 3.8) is 0 Å². The number of nitrogens with zero attached hydrogens (tertiary/aromatic N) is 4. The molecule has 0 spiro atoms. The number of carbonyl (C=O) groups excluding carboxylic acids is 1. The zero-order valence-corrected chi connectivity index (χ0v) is 30.9. The van der Waals surface area contributed by atoms with Gasteiger partial charge in [0, 0.05) is 24.9 Å². The Labute approximate surface area is 299 Å². The molecule has 10 heteroatoms. The van der Waals surface area contributed by atoms with Crippen molar-refractivity contribution in [2.75, 3.05) is 0 Å². The lowest BCUT2D eigenvalue weighted by Gasteiger charge is -2.32. The summed E-state index contributed by atoms with van der Waals surface area (Å²) in [4.78, 5) is 36.6. The molecule has 0 aliphatic heterocycles. The summed E-state index contributed by atoms with van der Waals surface area (Å²) >= 11 is 0. The molecule has 0 aliphatic carbocycles. The third-order valence-electron chi connectivity index (χ3n) is 8.92. The number of carboxylic acids is 2. The first-order valence-electron chi connectivity index (χ1n) is 18.9. The maximum Gasteiger partial charge on any atom is 0.326 e. The molecule has 0 saturated carbocycles. The Morgan fingerprint density at radius 2 is 1.24 bits per heavy atom. The van der Waals surface area contributed by atoms with Crippen LogP contribution in [0.4, 0.5) is 0 Å². The van der Waals surface area contributed by atoms with Gasteiger partial charge in [0.1, 0.15) is 6.04 Å². The molecule has 2 aromatic carbocycles. The van der Waals surface area contributed by atoms with Crippen molar-refractivity contribution in [1.29, 1.82) is 0 Å². The lowest BCUT2D eigenvalue weighted by atomic mass is 9.97. The highest BCUT2D eigenvalue weighted by molar-refractivity contribution is 5.84. The molecule has 3 rings (SSSR count). The van der Waals surface area contributed by atoms with Crippen molar-refractivity contribution in [3.05, 3.63) is 54.1 Å². The zero-order chi connectivity index (χ0) is 36.6. The van der Waals surface area contributed by atoms with E-state index in [2.05, 4.69) is 27.5 Å². The second-order valence-corrected chi connectivity index (χ2v) is 13.5. The monoisotopic (exact) mass is 691 g/mol. The molecule has 0 bridgehead atoms. The van der Waals surface area contributed by atoms with Crippen molar-refractivity contribution < 1.29 is 24.6 Å². The zero-order valence-electron chi connectivity index (χ0n) is 30.9. The van der Waals surface area contributed by atoms with Gasteiger partial charge in [0.15, 0.2) is 5.82 Å². The fraction of sp³-hybridized carbons (Fsp3) is 0.600. The second kappa shape index (κ2) is 25.0. The largest absolute Gasteiger partial charge is 0.481 e. The number of amides is 1. The third kappa shape index (κ3) is 16.1. The lowest BCUT2D eigenvalue weighted by molar-refractivity contribution is -0.153. The molecule has 1 heterocycles. The summed E-state index contributed by atoms with van der Waals surface area (Å²) in [5.41, 5.74) is 3.71. The van der Waals surface area contributed by atoms with Crippen molar-refractivity contribution >= 4 is 17.8 Å². The van der Waals surface area contributed by atoms with Crippen LogP contribution in [0.15, 0.2) is 48.5 Å². The smallest absolute Gasteiger partial charge is 0.326 e. The van der Waals surface area contributed by atoms with Crippen molar-refractivity contribution in [2.45, 2.75) is 149 Å². The standard InChI is InChI=1S/C24H29N5O3.C16H32O2/c1-4-5-10-21(30)29(22(16(2)3)24(31)32)15-17-11-13-18(14-12-17)19-8-6-7-9-20(19)23-25-27-28-26-23;1-2-3-4-5-6-7-8-9-10-11-12-13-14-15-16(17)18/h6-9,11-14,16,22H,4-5,10,15H2,1-3H3,(H,31,32)(H,25,26,27,28);2-15H2,1H3,(H,17,18). The van der Waals surface area contributed by atoms with E-state index in [0.29, 0.717) is 18.7 Å². The topological polar surface area (TPSA) is 149 Å². The van der Waals surface area contributed by atoms with Crippen molar-refractivity contribution in [1.82, 2.24) is 25.5 Å². The van der Waals surface area contributed by atoms with Crippen LogP contribution in [0.5, 0.6) is 0 Å². The van der Waals surface area contributed by atoms with Gasteiger partial charge in [0.2, 0.25) is 5.91 Å². The molecule has 0 saturated heterocycles. The van der Waals surface area contributed by atoms with Crippen LogP contribution in [0, 0.1) is 5.92 Å². The average molecular weight is 692 g/mol. The quantitative estimate of drug-likeness (QED) is 0.0786. The number of aliphatic carboxylic acids is 2. The molecule has 3 N–H and O–H groups in total. The molecule has 1 aromatic heterocycles. The molecule has 1 unspecified atom stereocenters. The minimum Gasteiger partial charge on any atom is -0.481 e. The molecule has 1 amide bonds. The number of unbranched alkanes of at least 4 members (excludes halogenated alkanes) is 13. The van der Waals surface area contributed by atoms with Gasteiger partial charge in [-0.2, -0.15) is 0 Å². The molecular weight excluding hydrogens is 630 g/mol. The highest BCUT2D eigenvalue weighted by atomic mass is 16.4. The summed E-state index contributed by atoms with van der Waals surface area (Å²) in [6, 6.07) is 14.8. The predicted octanol–water partition coefficient (Wildman–Crippen LogP) is 9.71. The molecule has 0 aliphatic rings. The minimum atomic E-state index is -0.976. The first-order chi connectivity index (χ1) is 24.2. The summed E-state index contributed by atoms with van der Waals surface area (Å²) in [7, 11) is 0. The van der Waals surface area contributed by atoms with Crippen molar-refractivity contribution in [3.8, 4) is 22.5 Å². The van der Waals surface area contributed by atoms with E-state index in [1.54, 1.807) is 0 Å². The number of aromatic nitrogens is 4. The number of benzene rings is 2. The van der Waals surface area contributed by atoms with Crippen LogP contribution in [-0.2, 0) is 20.9 Å². The van der Waals surface area contributed by atoms with E-state index in [9.17, 15) is 19.5 Å². The number of hydrogen-bond donors (Lipinski definition) is 3. The van der Waals surface area contributed by atoms with Gasteiger partial charge in [-0.15, -0.1) is 5.10 Å². The third-order valence-corrected chi connectivity index (χ3v) is 8.92. The maximum absolute atomic E-state index is 12.9. The highest BCUT2D eigenvalue weighted by Crippen LogP contribution is 2.30. The number of nitrogens with one attached hydrogen (secondary N) is 1. The van der Waals surface area contributed by atoms with Gasteiger partial charge >= 0.3 is 11.9 Å². The van der Waals surface area contributed by atoms with Gasteiger partial charge in [-0.3, -0.25) is 9.59 Å². The van der Waals surface area contributed by atoms with Crippen LogP contribution >= 0.6 is 0 Å². The van der Waals surface area contributed by atoms with Gasteiger partial charge in [-0.1, -0.05) is 160 Å². The minimum absolute atomic E-state index is 0.125. The van der Waals surface area contributed by atoms with E-state index >= 15 is 0 Å². The van der Waals surface area contributed by atoms with Gasteiger partial charge < -0.3 is 15.1 Å². The first-order valence-corrected chi connectivity index (χ1v) is 18.9. The van der Waals surface area contributed by atoms with E-state index in [1.165, 1.54) is 75.5 Å². The Morgan fingerprint density at radius 1 is 0.700 bits per heavy atom. The molecule has 276 valence electrons. The molecule has 0 radical (unpaired) electrons. The van der Waals surface area contributed by atoms with Crippen molar-refractivity contribution in [2.24, 2.45) is 5.92 Å². The van der Waals surface area contributed by atoms with E-state index < -0.39 is 18.0 Å². The fourth-order valence-electron chi connectivity index (χ4n) is 6.09. The van der Waals surface area contributed by atoms with Gasteiger partial charge in [-0.05, 0) is 45.9 Å². The number of carboxylic acid groups (broad SMARTS) is 2. The summed E-state index contributed by atoms with van der Waals surface area (Å²) in [5, 5.41) is 32.4. The predicted molar refractivity (Wildman–Crippen MR) is 199 cm³/mol. The lowest BCUT2D eigenvalue weighted by Crippen LogP contribution is -2.47. The Hall–Kier alpha value is -4.08. The number of rotatable bonds is 24. The average Bonchev–Trinajstić information content (AvgIpc) is 3.64. The highest BCUT2D eigenvalue weighted by Gasteiger charge is 2.32. The normalized spacial score (nSPS) is 11.5. The number of H-pyrrole nitrogens is 1. The fourth-order valence-corrected chi connectivity index (χ4v) is 6.09. The maximum atomic E-state index is 12.9. The number of hydrogen-bond acceptors (Lipinski definition) is 6. The van der Waals surface area contributed by atoms with E-state index in [1.807, 2.05) is 69.3 Å². The molecule has 10 nitrogen and oxygen atoms in total. The van der Waals surface area contributed by atoms with Crippen LogP contribution in [0.2, 0.25) is 0 Å². The van der Waals surface area contributed by atoms with Crippen LogP contribution in [0.3, 0.4) is 0 Å². The molecule has 50 heavy (non-hydrogen) atoms. The van der Waals surface area contributed by atoms with E-state index in [4.69, 9.17) is 5.11 Å². The second-order valence-electron chi connectivity index (χ2n) is 13.5. The van der Waals surface area contributed by atoms with Gasteiger partial charge in [-0.25, -0.2) is 9.89 Å².